The van der Waals surface area contributed by atoms with Gasteiger partial charge in [-0.05, 0) is 40.0 Å². The van der Waals surface area contributed by atoms with Crippen LogP contribution in [-0.2, 0) is 18.1 Å². The van der Waals surface area contributed by atoms with Crippen LogP contribution in [0.5, 0.6) is 0 Å². The normalized spacial score (nSPS) is 13.0. The van der Waals surface area contributed by atoms with Crippen molar-refractivity contribution >= 4 is 14.7 Å². The number of nitrogens with one attached hydrogen (secondary N) is 1. The minimum absolute atomic E-state index is 0.00546. The smallest absolute Gasteiger partial charge is 0.393 e. The van der Waals surface area contributed by atoms with Gasteiger partial charge < -0.3 is 23.7 Å². The SMILES string of the molecule is CCCCCCC(O)CCC(=O)NCCC[Si](OCC)(OCC)OCC. The average Bonchev–Trinajstić information content (AvgIpc) is 2.61. The molecule has 0 rings (SSSR count). The molecule has 6 nitrogen and oxygen atoms in total. The second-order valence-corrected chi connectivity index (χ2v) is 9.21. The van der Waals surface area contributed by atoms with Crippen LogP contribution < -0.4 is 5.32 Å². The summed E-state index contributed by atoms with van der Waals surface area (Å²) >= 11 is 0. The molecule has 0 aliphatic rings. The van der Waals surface area contributed by atoms with Gasteiger partial charge in [-0.25, -0.2) is 0 Å². The maximum absolute atomic E-state index is 11.9. The summed E-state index contributed by atoms with van der Waals surface area (Å²) in [6.07, 6.45) is 6.69. The molecule has 0 saturated heterocycles. The maximum Gasteiger partial charge on any atom is 0.500 e. The lowest BCUT2D eigenvalue weighted by molar-refractivity contribution is -0.121. The van der Waals surface area contributed by atoms with E-state index in [9.17, 15) is 9.90 Å². The molecule has 1 unspecified atom stereocenters. The van der Waals surface area contributed by atoms with Crippen LogP contribution in [0.3, 0.4) is 0 Å². The summed E-state index contributed by atoms with van der Waals surface area (Å²) in [5, 5.41) is 12.8. The van der Waals surface area contributed by atoms with E-state index in [4.69, 9.17) is 13.3 Å². The van der Waals surface area contributed by atoms with Crippen LogP contribution in [0.2, 0.25) is 6.04 Å². The third-order valence-electron chi connectivity index (χ3n) is 4.17. The molecule has 0 aliphatic carbocycles. The van der Waals surface area contributed by atoms with Crippen LogP contribution in [0.4, 0.5) is 0 Å². The molecule has 0 aromatic carbocycles. The van der Waals surface area contributed by atoms with Gasteiger partial charge in [-0.15, -0.1) is 0 Å². The number of amides is 1. The maximum atomic E-state index is 11.9. The first kappa shape index (κ1) is 25.5. The first-order valence-electron chi connectivity index (χ1n) is 10.4. The fraction of sp³-hybridized carbons (Fsp3) is 0.947. The third kappa shape index (κ3) is 12.8. The fourth-order valence-corrected chi connectivity index (χ4v) is 5.48. The highest BCUT2D eigenvalue weighted by Gasteiger charge is 2.39. The molecule has 0 aromatic heterocycles. The van der Waals surface area contributed by atoms with Crippen LogP contribution in [-0.4, -0.2) is 52.3 Å². The molecule has 26 heavy (non-hydrogen) atoms. The van der Waals surface area contributed by atoms with E-state index in [-0.39, 0.29) is 12.0 Å². The van der Waals surface area contributed by atoms with E-state index in [1.165, 1.54) is 12.8 Å². The van der Waals surface area contributed by atoms with Crippen LogP contribution in [0, 0.1) is 0 Å². The van der Waals surface area contributed by atoms with Crippen molar-refractivity contribution < 1.29 is 23.2 Å². The molecule has 0 radical (unpaired) electrons. The lowest BCUT2D eigenvalue weighted by atomic mass is 10.1. The first-order valence-corrected chi connectivity index (χ1v) is 12.3. The van der Waals surface area contributed by atoms with Gasteiger partial charge in [-0.1, -0.05) is 32.6 Å². The van der Waals surface area contributed by atoms with Crippen molar-refractivity contribution in [3.8, 4) is 0 Å². The summed E-state index contributed by atoms with van der Waals surface area (Å²) in [5.74, 6) is -0.00546. The molecule has 0 saturated carbocycles. The van der Waals surface area contributed by atoms with Crippen LogP contribution in [0.1, 0.15) is 79.1 Å². The van der Waals surface area contributed by atoms with E-state index in [0.717, 1.165) is 25.7 Å². The molecule has 0 spiro atoms. The van der Waals surface area contributed by atoms with Gasteiger partial charge in [-0.3, -0.25) is 4.79 Å². The highest BCUT2D eigenvalue weighted by molar-refractivity contribution is 6.60. The number of carbonyl (C=O) groups excluding carboxylic acids is 1. The Hall–Kier alpha value is -0.473. The zero-order chi connectivity index (χ0) is 19.7. The van der Waals surface area contributed by atoms with Gasteiger partial charge in [0.1, 0.15) is 0 Å². The Labute approximate surface area is 161 Å². The van der Waals surface area contributed by atoms with Gasteiger partial charge in [0.15, 0.2) is 0 Å². The zero-order valence-electron chi connectivity index (χ0n) is 17.3. The minimum Gasteiger partial charge on any atom is -0.393 e. The Balaban J connectivity index is 3.97. The lowest BCUT2D eigenvalue weighted by Crippen LogP contribution is -2.46. The van der Waals surface area contributed by atoms with E-state index in [1.807, 2.05) is 20.8 Å². The van der Waals surface area contributed by atoms with Gasteiger partial charge in [0.25, 0.3) is 0 Å². The predicted molar refractivity (Wildman–Crippen MR) is 107 cm³/mol. The first-order chi connectivity index (χ1) is 12.5. The Morgan fingerprint density at radius 3 is 2.08 bits per heavy atom. The van der Waals surface area contributed by atoms with Crippen molar-refractivity contribution in [2.75, 3.05) is 26.4 Å². The van der Waals surface area contributed by atoms with Gasteiger partial charge in [0, 0.05) is 38.8 Å². The number of aliphatic hydroxyl groups excluding tert-OH is 1. The van der Waals surface area contributed by atoms with Crippen LogP contribution >= 0.6 is 0 Å². The van der Waals surface area contributed by atoms with Gasteiger partial charge in [0.05, 0.1) is 6.10 Å². The van der Waals surface area contributed by atoms with Crippen molar-refractivity contribution in [1.29, 1.82) is 0 Å². The summed E-state index contributed by atoms with van der Waals surface area (Å²) in [5.41, 5.74) is 0. The Morgan fingerprint density at radius 1 is 0.923 bits per heavy atom. The molecular formula is C19H41NO5Si. The number of rotatable bonds is 18. The third-order valence-corrected chi connectivity index (χ3v) is 7.32. The second kappa shape index (κ2) is 16.7. The van der Waals surface area contributed by atoms with E-state index in [0.29, 0.717) is 45.3 Å². The van der Waals surface area contributed by atoms with E-state index in [1.54, 1.807) is 0 Å². The van der Waals surface area contributed by atoms with Crippen molar-refractivity contribution in [2.24, 2.45) is 0 Å². The minimum atomic E-state index is -2.62. The molecule has 2 N–H and O–H groups in total. The Kier molecular flexibility index (Phi) is 16.4. The Bertz CT molecular complexity index is 327. The number of hydrogen-bond acceptors (Lipinski definition) is 5. The molecule has 0 aromatic rings. The van der Waals surface area contributed by atoms with Gasteiger partial charge in [0.2, 0.25) is 5.91 Å². The van der Waals surface area contributed by atoms with Gasteiger partial charge >= 0.3 is 8.80 Å². The topological polar surface area (TPSA) is 77.0 Å². The standard InChI is InChI=1S/C19H41NO5Si/c1-5-9-10-11-13-18(21)14-15-19(22)20-16-12-17-26(23-6-2,24-7-3)25-8-4/h18,21H,5-17H2,1-4H3,(H,20,22). The second-order valence-electron chi connectivity index (χ2n) is 6.48. The molecule has 0 aliphatic heterocycles. The number of aliphatic hydroxyl groups is 1. The van der Waals surface area contributed by atoms with E-state index in [2.05, 4.69) is 12.2 Å². The van der Waals surface area contributed by atoms with Gasteiger partial charge in [-0.2, -0.15) is 0 Å². The zero-order valence-corrected chi connectivity index (χ0v) is 18.3. The fourth-order valence-electron chi connectivity index (χ4n) is 2.87. The summed E-state index contributed by atoms with van der Waals surface area (Å²) < 4.78 is 17.4. The van der Waals surface area contributed by atoms with Crippen molar-refractivity contribution in [3.63, 3.8) is 0 Å². The lowest BCUT2D eigenvalue weighted by Gasteiger charge is -2.28. The molecule has 0 heterocycles. The van der Waals surface area contributed by atoms with Crippen molar-refractivity contribution in [2.45, 2.75) is 91.2 Å². The largest absolute Gasteiger partial charge is 0.500 e. The number of hydrogen-bond donors (Lipinski definition) is 2. The summed E-state index contributed by atoms with van der Waals surface area (Å²) in [4.78, 5) is 11.9. The molecule has 0 bridgehead atoms. The van der Waals surface area contributed by atoms with E-state index >= 15 is 0 Å². The van der Waals surface area contributed by atoms with Crippen LogP contribution in [0.25, 0.3) is 0 Å². The summed E-state index contributed by atoms with van der Waals surface area (Å²) in [6.45, 7) is 10.3. The number of carbonyl (C=O) groups is 1. The average molecular weight is 392 g/mol. The van der Waals surface area contributed by atoms with Crippen molar-refractivity contribution in [3.05, 3.63) is 0 Å². The van der Waals surface area contributed by atoms with Crippen molar-refractivity contribution in [1.82, 2.24) is 5.32 Å². The molecule has 1 atom stereocenters. The summed E-state index contributed by atoms with van der Waals surface area (Å²) in [7, 11) is -2.62. The molecule has 0 fully saturated rings. The molecule has 7 heteroatoms. The molecule has 156 valence electrons. The van der Waals surface area contributed by atoms with Crippen LogP contribution in [0.15, 0.2) is 0 Å². The number of unbranched alkanes of at least 4 members (excludes halogenated alkanes) is 3. The summed E-state index contributed by atoms with van der Waals surface area (Å²) in [6, 6.07) is 0.697. The highest BCUT2D eigenvalue weighted by atomic mass is 28.4. The molecule has 1 amide bonds. The Morgan fingerprint density at radius 2 is 1.54 bits per heavy atom. The monoisotopic (exact) mass is 391 g/mol. The molecular weight excluding hydrogens is 350 g/mol. The highest BCUT2D eigenvalue weighted by Crippen LogP contribution is 2.17. The quantitative estimate of drug-likeness (QED) is 0.275. The predicted octanol–water partition coefficient (Wildman–Crippen LogP) is 3.65. The van der Waals surface area contributed by atoms with E-state index < -0.39 is 8.80 Å².